The van der Waals surface area contributed by atoms with E-state index >= 15 is 0 Å². The summed E-state index contributed by atoms with van der Waals surface area (Å²) >= 11 is 0. The van der Waals surface area contributed by atoms with E-state index in [1.54, 1.807) is 13.3 Å². The van der Waals surface area contributed by atoms with Crippen LogP contribution in [-0.2, 0) is 4.74 Å². The molecular weight excluding hydrogens is 180 g/mol. The van der Waals surface area contributed by atoms with E-state index in [9.17, 15) is 0 Å². The van der Waals surface area contributed by atoms with Gasteiger partial charge in [0.05, 0.1) is 6.10 Å². The number of hydrogen-bond acceptors (Lipinski definition) is 5. The number of aryl methyl sites for hydroxylation is 1. The monoisotopic (exact) mass is 194 g/mol. The highest BCUT2D eigenvalue weighted by molar-refractivity contribution is 5.50. The van der Waals surface area contributed by atoms with Crippen LogP contribution in [0.4, 0.5) is 11.8 Å². The van der Waals surface area contributed by atoms with Crippen molar-refractivity contribution in [3.8, 4) is 0 Å². The predicted molar refractivity (Wildman–Crippen MR) is 54.2 cm³/mol. The molecule has 2 rings (SSSR count). The first-order valence-electron chi connectivity index (χ1n) is 4.57. The fourth-order valence-electron chi connectivity index (χ4n) is 1.53. The summed E-state index contributed by atoms with van der Waals surface area (Å²) in [5.74, 6) is 1.25. The van der Waals surface area contributed by atoms with E-state index in [1.165, 1.54) is 0 Å². The molecule has 1 aliphatic rings. The second-order valence-corrected chi connectivity index (χ2v) is 3.50. The van der Waals surface area contributed by atoms with E-state index in [2.05, 4.69) is 14.9 Å². The van der Waals surface area contributed by atoms with Crippen LogP contribution in [0.25, 0.3) is 0 Å². The highest BCUT2D eigenvalue weighted by Gasteiger charge is 2.28. The number of methoxy groups -OCH3 is 1. The summed E-state index contributed by atoms with van der Waals surface area (Å²) in [6.45, 7) is 3.75. The third kappa shape index (κ3) is 1.50. The molecule has 5 heteroatoms. The molecule has 0 amide bonds. The van der Waals surface area contributed by atoms with Crippen molar-refractivity contribution in [2.45, 2.75) is 13.0 Å². The molecule has 1 fully saturated rings. The van der Waals surface area contributed by atoms with Crippen LogP contribution in [0.1, 0.15) is 5.56 Å². The summed E-state index contributed by atoms with van der Waals surface area (Å²) in [4.78, 5) is 10.3. The van der Waals surface area contributed by atoms with E-state index in [0.29, 0.717) is 12.1 Å². The maximum Gasteiger partial charge on any atom is 0.221 e. The Hall–Kier alpha value is -1.36. The van der Waals surface area contributed by atoms with Gasteiger partial charge in [0, 0.05) is 32.0 Å². The largest absolute Gasteiger partial charge is 0.378 e. The van der Waals surface area contributed by atoms with Gasteiger partial charge in [-0.3, -0.25) is 0 Å². The fourth-order valence-corrected chi connectivity index (χ4v) is 1.53. The normalized spacial score (nSPS) is 16.9. The number of nitrogens with two attached hydrogens (primary N) is 1. The Balaban J connectivity index is 2.13. The van der Waals surface area contributed by atoms with Crippen molar-refractivity contribution >= 4 is 11.8 Å². The van der Waals surface area contributed by atoms with Gasteiger partial charge < -0.3 is 15.4 Å². The molecule has 76 valence electrons. The van der Waals surface area contributed by atoms with Crippen LogP contribution < -0.4 is 10.6 Å². The number of rotatable bonds is 2. The third-order valence-electron chi connectivity index (χ3n) is 2.44. The predicted octanol–water partition coefficient (Wildman–Crippen LogP) is 0.202. The Kier molecular flexibility index (Phi) is 2.25. The first kappa shape index (κ1) is 9.21. The smallest absolute Gasteiger partial charge is 0.221 e. The van der Waals surface area contributed by atoms with Crippen LogP contribution in [-0.4, -0.2) is 36.3 Å². The van der Waals surface area contributed by atoms with Crippen molar-refractivity contribution in [2.24, 2.45) is 0 Å². The van der Waals surface area contributed by atoms with Gasteiger partial charge in [-0.2, -0.15) is 4.98 Å². The van der Waals surface area contributed by atoms with Gasteiger partial charge in [-0.05, 0) is 6.92 Å². The van der Waals surface area contributed by atoms with Gasteiger partial charge in [0.2, 0.25) is 5.95 Å². The summed E-state index contributed by atoms with van der Waals surface area (Å²) in [7, 11) is 1.73. The zero-order valence-electron chi connectivity index (χ0n) is 8.40. The summed E-state index contributed by atoms with van der Waals surface area (Å²) in [6, 6.07) is 0. The Morgan fingerprint density at radius 3 is 2.93 bits per heavy atom. The second kappa shape index (κ2) is 3.42. The molecule has 0 aliphatic carbocycles. The lowest BCUT2D eigenvalue weighted by Gasteiger charge is -2.39. The molecule has 0 aromatic carbocycles. The van der Waals surface area contributed by atoms with Gasteiger partial charge in [0.1, 0.15) is 5.82 Å². The van der Waals surface area contributed by atoms with Crippen LogP contribution in [0.15, 0.2) is 6.20 Å². The van der Waals surface area contributed by atoms with Crippen LogP contribution in [0.3, 0.4) is 0 Å². The summed E-state index contributed by atoms with van der Waals surface area (Å²) in [5.41, 5.74) is 6.58. The molecule has 1 aromatic heterocycles. The number of nitrogens with zero attached hydrogens (tertiary/aromatic N) is 3. The van der Waals surface area contributed by atoms with Crippen molar-refractivity contribution in [3.05, 3.63) is 11.8 Å². The molecule has 1 aliphatic heterocycles. The van der Waals surface area contributed by atoms with Gasteiger partial charge in [-0.25, -0.2) is 4.98 Å². The average Bonchev–Trinajstić information content (AvgIpc) is 2.09. The van der Waals surface area contributed by atoms with Crippen LogP contribution in [0.2, 0.25) is 0 Å². The summed E-state index contributed by atoms with van der Waals surface area (Å²) in [5, 5.41) is 0. The molecule has 2 heterocycles. The molecular formula is C9H14N4O. The first-order chi connectivity index (χ1) is 6.70. The Morgan fingerprint density at radius 2 is 2.29 bits per heavy atom. The highest BCUT2D eigenvalue weighted by atomic mass is 16.5. The lowest BCUT2D eigenvalue weighted by molar-refractivity contribution is 0.0782. The maximum atomic E-state index is 5.53. The highest BCUT2D eigenvalue weighted by Crippen LogP contribution is 2.23. The van der Waals surface area contributed by atoms with Gasteiger partial charge in [0.25, 0.3) is 0 Å². The lowest BCUT2D eigenvalue weighted by Crippen LogP contribution is -2.52. The summed E-state index contributed by atoms with van der Waals surface area (Å²) < 4.78 is 5.19. The zero-order chi connectivity index (χ0) is 10.1. The molecule has 0 radical (unpaired) electrons. The van der Waals surface area contributed by atoms with E-state index in [-0.39, 0.29) is 0 Å². The van der Waals surface area contributed by atoms with Crippen LogP contribution in [0.5, 0.6) is 0 Å². The van der Waals surface area contributed by atoms with Gasteiger partial charge in [-0.15, -0.1) is 0 Å². The van der Waals surface area contributed by atoms with E-state index in [4.69, 9.17) is 10.5 Å². The fraction of sp³-hybridized carbons (Fsp3) is 0.556. The lowest BCUT2D eigenvalue weighted by atomic mass is 10.1. The van der Waals surface area contributed by atoms with Crippen molar-refractivity contribution in [1.29, 1.82) is 0 Å². The first-order valence-corrected chi connectivity index (χ1v) is 4.57. The minimum absolute atomic E-state index is 0.325. The minimum Gasteiger partial charge on any atom is -0.378 e. The molecule has 0 saturated carbocycles. The molecule has 0 unspecified atom stereocenters. The number of anilines is 2. The summed E-state index contributed by atoms with van der Waals surface area (Å²) in [6.07, 6.45) is 2.07. The average molecular weight is 194 g/mol. The molecule has 14 heavy (non-hydrogen) atoms. The van der Waals surface area contributed by atoms with Gasteiger partial charge >= 0.3 is 0 Å². The van der Waals surface area contributed by atoms with Gasteiger partial charge in [0.15, 0.2) is 0 Å². The SMILES string of the molecule is COC1CN(c2nc(N)ncc2C)C1. The van der Waals surface area contributed by atoms with Crippen LogP contribution >= 0.6 is 0 Å². The van der Waals surface area contributed by atoms with Crippen molar-refractivity contribution in [2.75, 3.05) is 30.8 Å². The molecule has 0 spiro atoms. The van der Waals surface area contributed by atoms with E-state index < -0.39 is 0 Å². The quantitative estimate of drug-likeness (QED) is 0.728. The molecule has 0 bridgehead atoms. The van der Waals surface area contributed by atoms with Crippen molar-refractivity contribution in [1.82, 2.24) is 9.97 Å². The standard InChI is InChI=1S/C9H14N4O/c1-6-3-11-9(10)12-8(6)13-4-7(5-13)14-2/h3,7H,4-5H2,1-2H3,(H2,10,11,12). The zero-order valence-corrected chi connectivity index (χ0v) is 8.40. The van der Waals surface area contributed by atoms with E-state index in [0.717, 1.165) is 24.5 Å². The molecule has 2 N–H and O–H groups in total. The number of hydrogen-bond donors (Lipinski definition) is 1. The minimum atomic E-state index is 0.325. The number of nitrogen functional groups attached to an aromatic ring is 1. The third-order valence-corrected chi connectivity index (χ3v) is 2.44. The van der Waals surface area contributed by atoms with Crippen molar-refractivity contribution in [3.63, 3.8) is 0 Å². The second-order valence-electron chi connectivity index (χ2n) is 3.50. The number of ether oxygens (including phenoxy) is 1. The van der Waals surface area contributed by atoms with Crippen molar-refractivity contribution < 1.29 is 4.74 Å². The molecule has 1 aromatic rings. The topological polar surface area (TPSA) is 64.3 Å². The Morgan fingerprint density at radius 1 is 1.57 bits per heavy atom. The molecule has 1 saturated heterocycles. The van der Waals surface area contributed by atoms with Gasteiger partial charge in [-0.1, -0.05) is 0 Å². The maximum absolute atomic E-state index is 5.53. The molecule has 0 atom stereocenters. The Labute approximate surface area is 82.9 Å². The molecule has 5 nitrogen and oxygen atoms in total. The van der Waals surface area contributed by atoms with E-state index in [1.807, 2.05) is 6.92 Å². The number of aromatic nitrogens is 2. The van der Waals surface area contributed by atoms with Crippen LogP contribution in [0, 0.1) is 6.92 Å². The Bertz CT molecular complexity index is 336.